The highest BCUT2D eigenvalue weighted by Gasteiger charge is 2.01. The highest BCUT2D eigenvalue weighted by Crippen LogP contribution is 2.12. The molecule has 0 aliphatic heterocycles. The molecule has 1 aromatic heterocycles. The molecule has 4 heteroatoms. The monoisotopic (exact) mass is 230 g/mol. The number of methoxy groups -OCH3 is 1. The van der Waals surface area contributed by atoms with E-state index in [4.69, 9.17) is 4.42 Å². The maximum absolute atomic E-state index is 11.6. The zero-order chi connectivity index (χ0) is 12.3. The SMILES string of the molecule is COC(=O)/C=C/c1cc2ccccc2c(=O)o1. The van der Waals surface area contributed by atoms with Crippen molar-refractivity contribution in [3.8, 4) is 0 Å². The number of carbonyl (C=O) groups is 1. The highest BCUT2D eigenvalue weighted by atomic mass is 16.5. The molecule has 1 heterocycles. The average molecular weight is 230 g/mol. The number of ether oxygens (including phenoxy) is 1. The number of fused-ring (bicyclic) bond motifs is 1. The summed E-state index contributed by atoms with van der Waals surface area (Å²) in [6.45, 7) is 0. The zero-order valence-electron chi connectivity index (χ0n) is 9.17. The van der Waals surface area contributed by atoms with Crippen LogP contribution in [0.4, 0.5) is 0 Å². The van der Waals surface area contributed by atoms with Crippen LogP contribution in [-0.4, -0.2) is 13.1 Å². The number of esters is 1. The Labute approximate surface area is 97.1 Å². The summed E-state index contributed by atoms with van der Waals surface area (Å²) in [5.41, 5.74) is -0.424. The van der Waals surface area contributed by atoms with Crippen LogP contribution in [0.25, 0.3) is 16.8 Å². The lowest BCUT2D eigenvalue weighted by Gasteiger charge is -1.97. The highest BCUT2D eigenvalue weighted by molar-refractivity contribution is 5.88. The maximum atomic E-state index is 11.6. The van der Waals surface area contributed by atoms with Crippen LogP contribution in [0.5, 0.6) is 0 Å². The molecule has 2 rings (SSSR count). The quantitative estimate of drug-likeness (QED) is 0.584. The molecule has 0 aliphatic rings. The van der Waals surface area contributed by atoms with Crippen molar-refractivity contribution in [1.29, 1.82) is 0 Å². The van der Waals surface area contributed by atoms with E-state index in [0.29, 0.717) is 11.1 Å². The second-order valence-corrected chi connectivity index (χ2v) is 3.38. The van der Waals surface area contributed by atoms with Gasteiger partial charge in [-0.05, 0) is 23.6 Å². The van der Waals surface area contributed by atoms with Crippen molar-refractivity contribution < 1.29 is 13.9 Å². The Morgan fingerprint density at radius 3 is 2.88 bits per heavy atom. The lowest BCUT2D eigenvalue weighted by atomic mass is 10.1. The van der Waals surface area contributed by atoms with E-state index in [1.54, 1.807) is 18.2 Å². The summed E-state index contributed by atoms with van der Waals surface area (Å²) in [5, 5.41) is 1.29. The van der Waals surface area contributed by atoms with Crippen molar-refractivity contribution in [3.63, 3.8) is 0 Å². The number of rotatable bonds is 2. The number of hydrogen-bond acceptors (Lipinski definition) is 4. The Bertz CT molecular complexity index is 637. The molecule has 2 aromatic rings. The standard InChI is InChI=1S/C13H10O4/c1-16-12(14)7-6-10-8-9-4-2-3-5-11(9)13(15)17-10/h2-8H,1H3/b7-6+. The normalized spacial score (nSPS) is 10.9. The molecule has 1 aromatic carbocycles. The van der Waals surface area contributed by atoms with E-state index >= 15 is 0 Å². The minimum Gasteiger partial charge on any atom is -0.466 e. The first kappa shape index (κ1) is 11.1. The van der Waals surface area contributed by atoms with E-state index in [1.165, 1.54) is 19.3 Å². The lowest BCUT2D eigenvalue weighted by molar-refractivity contribution is -0.134. The van der Waals surface area contributed by atoms with Crippen molar-refractivity contribution in [2.45, 2.75) is 0 Å². The van der Waals surface area contributed by atoms with Crippen LogP contribution >= 0.6 is 0 Å². The van der Waals surface area contributed by atoms with Gasteiger partial charge in [0.15, 0.2) is 0 Å². The van der Waals surface area contributed by atoms with Gasteiger partial charge in [-0.3, -0.25) is 0 Å². The first-order valence-corrected chi connectivity index (χ1v) is 4.99. The van der Waals surface area contributed by atoms with Crippen molar-refractivity contribution in [3.05, 3.63) is 52.6 Å². The van der Waals surface area contributed by atoms with Gasteiger partial charge >= 0.3 is 11.6 Å². The van der Waals surface area contributed by atoms with Gasteiger partial charge in [0.25, 0.3) is 0 Å². The molecule has 0 spiro atoms. The Balaban J connectivity index is 2.47. The summed E-state index contributed by atoms with van der Waals surface area (Å²) in [5.74, 6) is -0.181. The van der Waals surface area contributed by atoms with Crippen LogP contribution in [0.2, 0.25) is 0 Å². The van der Waals surface area contributed by atoms with Crippen LogP contribution in [0.15, 0.2) is 45.6 Å². The van der Waals surface area contributed by atoms with Gasteiger partial charge in [0, 0.05) is 6.08 Å². The molecule has 0 saturated heterocycles. The van der Waals surface area contributed by atoms with E-state index in [1.807, 2.05) is 12.1 Å². The second-order valence-electron chi connectivity index (χ2n) is 3.38. The van der Waals surface area contributed by atoms with Gasteiger partial charge in [-0.1, -0.05) is 18.2 Å². The minimum atomic E-state index is -0.499. The van der Waals surface area contributed by atoms with Gasteiger partial charge < -0.3 is 9.15 Å². The van der Waals surface area contributed by atoms with Crippen LogP contribution < -0.4 is 5.63 Å². The minimum absolute atomic E-state index is 0.319. The van der Waals surface area contributed by atoms with Crippen LogP contribution in [0.3, 0.4) is 0 Å². The molecule has 0 atom stereocenters. The fourth-order valence-corrected chi connectivity index (χ4v) is 1.45. The first-order valence-electron chi connectivity index (χ1n) is 4.99. The third kappa shape index (κ3) is 2.42. The largest absolute Gasteiger partial charge is 0.466 e. The van der Waals surface area contributed by atoms with Gasteiger partial charge in [-0.2, -0.15) is 0 Å². The van der Waals surface area contributed by atoms with E-state index in [2.05, 4.69) is 4.74 Å². The Hall–Kier alpha value is -2.36. The van der Waals surface area contributed by atoms with Gasteiger partial charge in [-0.15, -0.1) is 0 Å². The third-order valence-electron chi connectivity index (χ3n) is 2.27. The van der Waals surface area contributed by atoms with Crippen molar-refractivity contribution in [2.75, 3.05) is 7.11 Å². The van der Waals surface area contributed by atoms with Gasteiger partial charge in [-0.25, -0.2) is 9.59 Å². The summed E-state index contributed by atoms with van der Waals surface area (Å²) < 4.78 is 9.48. The van der Waals surface area contributed by atoms with Gasteiger partial charge in [0.1, 0.15) is 5.76 Å². The maximum Gasteiger partial charge on any atom is 0.344 e. The predicted octanol–water partition coefficient (Wildman–Crippen LogP) is 1.98. The summed E-state index contributed by atoms with van der Waals surface area (Å²) in [6.07, 6.45) is 2.60. The molecule has 4 nitrogen and oxygen atoms in total. The summed E-state index contributed by atoms with van der Waals surface area (Å²) in [7, 11) is 1.28. The van der Waals surface area contributed by atoms with Crippen LogP contribution in [-0.2, 0) is 9.53 Å². The van der Waals surface area contributed by atoms with E-state index in [9.17, 15) is 9.59 Å². The van der Waals surface area contributed by atoms with E-state index in [-0.39, 0.29) is 0 Å². The smallest absolute Gasteiger partial charge is 0.344 e. The van der Waals surface area contributed by atoms with Crippen molar-refractivity contribution in [1.82, 2.24) is 0 Å². The molecule has 0 bridgehead atoms. The first-order chi connectivity index (χ1) is 8.20. The third-order valence-corrected chi connectivity index (χ3v) is 2.27. The molecule has 0 N–H and O–H groups in total. The number of hydrogen-bond donors (Lipinski definition) is 0. The summed E-state index contributed by atoms with van der Waals surface area (Å²) >= 11 is 0. The lowest BCUT2D eigenvalue weighted by Crippen LogP contribution is -2.00. The molecule has 0 aliphatic carbocycles. The Morgan fingerprint density at radius 1 is 1.35 bits per heavy atom. The average Bonchev–Trinajstić information content (AvgIpc) is 2.36. The number of carbonyl (C=O) groups excluding carboxylic acids is 1. The molecular formula is C13H10O4. The van der Waals surface area contributed by atoms with Crippen LogP contribution in [0, 0.1) is 0 Å². The van der Waals surface area contributed by atoms with Gasteiger partial charge in [0.2, 0.25) is 0 Å². The molecule has 0 amide bonds. The summed E-state index contributed by atoms with van der Waals surface area (Å²) in [6, 6.07) is 8.78. The fraction of sp³-hybridized carbons (Fsp3) is 0.0769. The van der Waals surface area contributed by atoms with E-state index < -0.39 is 11.6 Å². The molecule has 0 radical (unpaired) electrons. The zero-order valence-corrected chi connectivity index (χ0v) is 9.17. The predicted molar refractivity (Wildman–Crippen MR) is 63.5 cm³/mol. The summed E-state index contributed by atoms with van der Waals surface area (Å²) in [4.78, 5) is 22.5. The fourth-order valence-electron chi connectivity index (χ4n) is 1.45. The number of benzene rings is 1. The molecule has 0 unspecified atom stereocenters. The van der Waals surface area contributed by atoms with Crippen molar-refractivity contribution in [2.24, 2.45) is 0 Å². The second kappa shape index (κ2) is 4.65. The molecule has 0 saturated carbocycles. The molecule has 0 fully saturated rings. The molecular weight excluding hydrogens is 220 g/mol. The van der Waals surface area contributed by atoms with Crippen LogP contribution in [0.1, 0.15) is 5.76 Å². The molecule has 86 valence electrons. The van der Waals surface area contributed by atoms with Crippen molar-refractivity contribution >= 4 is 22.8 Å². The topological polar surface area (TPSA) is 56.5 Å². The molecule has 17 heavy (non-hydrogen) atoms. The Morgan fingerprint density at radius 2 is 2.12 bits per heavy atom. The van der Waals surface area contributed by atoms with E-state index in [0.717, 1.165) is 5.39 Å². The Kier molecular flexibility index (Phi) is 3.05. The van der Waals surface area contributed by atoms with Gasteiger partial charge in [0.05, 0.1) is 12.5 Å².